The average molecular weight is 459 g/mol. The van der Waals surface area contributed by atoms with Gasteiger partial charge in [-0.1, -0.05) is 12.1 Å². The van der Waals surface area contributed by atoms with Crippen molar-refractivity contribution in [3.05, 3.63) is 70.9 Å². The number of piperidine rings is 1. The molecule has 8 heteroatoms. The van der Waals surface area contributed by atoms with Crippen molar-refractivity contribution in [2.24, 2.45) is 0 Å². The molecule has 33 heavy (non-hydrogen) atoms. The van der Waals surface area contributed by atoms with Crippen molar-refractivity contribution in [3.8, 4) is 21.7 Å². The van der Waals surface area contributed by atoms with Crippen molar-refractivity contribution in [2.75, 3.05) is 18.8 Å². The molecule has 1 aliphatic heterocycles. The molecular weight excluding hydrogens is 435 g/mol. The van der Waals surface area contributed by atoms with Gasteiger partial charge in [-0.2, -0.15) is 5.10 Å². The van der Waals surface area contributed by atoms with E-state index in [-0.39, 0.29) is 5.82 Å². The zero-order valence-corrected chi connectivity index (χ0v) is 18.8. The number of hydrogen-bond donors (Lipinski definition) is 2. The minimum atomic E-state index is -0.225. The number of nitrogens with one attached hydrogen (secondary N) is 1. The van der Waals surface area contributed by atoms with Crippen molar-refractivity contribution in [1.29, 1.82) is 0 Å². The van der Waals surface area contributed by atoms with Crippen LogP contribution in [0.4, 0.5) is 10.2 Å². The molecule has 0 spiro atoms. The second kappa shape index (κ2) is 8.20. The Morgan fingerprint density at radius 3 is 2.67 bits per heavy atom. The summed E-state index contributed by atoms with van der Waals surface area (Å²) in [6.07, 6.45) is 10.9. The SMILES string of the molecule is Nc1ncc(-c2cnn(C3CCNCC3)c2)cc1-c1nc2c(s1)C=C(c1ccc(F)cc1)C2. The molecule has 0 amide bonds. The van der Waals surface area contributed by atoms with Crippen LogP contribution >= 0.6 is 11.3 Å². The number of hydrogen-bond acceptors (Lipinski definition) is 6. The van der Waals surface area contributed by atoms with Crippen molar-refractivity contribution in [2.45, 2.75) is 25.3 Å². The van der Waals surface area contributed by atoms with E-state index in [1.54, 1.807) is 17.5 Å². The Morgan fingerprint density at radius 2 is 1.88 bits per heavy atom. The largest absolute Gasteiger partial charge is 0.383 e. The molecular formula is C25H23FN6S. The van der Waals surface area contributed by atoms with E-state index in [2.05, 4.69) is 38.4 Å². The van der Waals surface area contributed by atoms with Crippen LogP contribution in [0.5, 0.6) is 0 Å². The standard InChI is InChI=1S/C25H23FN6S/c26-19-3-1-15(2-4-19)16-10-22-23(11-16)33-25(31-22)21-9-17(12-29-24(21)27)18-13-30-32(14-18)20-5-7-28-8-6-20/h1-4,9,11-14,20,28H,5-8,10H2,(H2,27,29). The molecule has 1 saturated heterocycles. The lowest BCUT2D eigenvalue weighted by Gasteiger charge is -2.22. The Bertz CT molecular complexity index is 1350. The molecule has 166 valence electrons. The summed E-state index contributed by atoms with van der Waals surface area (Å²) in [6, 6.07) is 9.11. The molecule has 3 aromatic heterocycles. The number of allylic oxidation sites excluding steroid dienone is 1. The molecule has 0 atom stereocenters. The molecule has 0 saturated carbocycles. The average Bonchev–Trinajstić information content (AvgIpc) is 3.56. The Hall–Kier alpha value is -3.36. The third-order valence-electron chi connectivity index (χ3n) is 6.37. The van der Waals surface area contributed by atoms with Crippen LogP contribution < -0.4 is 11.1 Å². The Labute approximate surface area is 195 Å². The summed E-state index contributed by atoms with van der Waals surface area (Å²) in [7, 11) is 0. The normalized spacial score (nSPS) is 16.1. The van der Waals surface area contributed by atoms with Gasteiger partial charge in [-0.15, -0.1) is 11.3 Å². The Balaban J connectivity index is 1.28. The van der Waals surface area contributed by atoms with Crippen LogP contribution in [-0.2, 0) is 6.42 Å². The van der Waals surface area contributed by atoms with Gasteiger partial charge in [-0.3, -0.25) is 4.68 Å². The monoisotopic (exact) mass is 458 g/mol. The lowest BCUT2D eigenvalue weighted by molar-refractivity contribution is 0.343. The van der Waals surface area contributed by atoms with E-state index in [0.717, 1.165) is 75.8 Å². The maximum absolute atomic E-state index is 13.3. The third kappa shape index (κ3) is 3.85. The van der Waals surface area contributed by atoms with Gasteiger partial charge in [0.25, 0.3) is 0 Å². The molecule has 1 aromatic carbocycles. The lowest BCUT2D eigenvalue weighted by Crippen LogP contribution is -2.29. The van der Waals surface area contributed by atoms with E-state index < -0.39 is 0 Å². The molecule has 0 unspecified atom stereocenters. The molecule has 1 fully saturated rings. The molecule has 6 rings (SSSR count). The number of benzene rings is 1. The fourth-order valence-corrected chi connectivity index (χ4v) is 5.59. The molecule has 6 nitrogen and oxygen atoms in total. The smallest absolute Gasteiger partial charge is 0.133 e. The highest BCUT2D eigenvalue weighted by Crippen LogP contribution is 2.40. The fraction of sp³-hybridized carbons (Fsp3) is 0.240. The van der Waals surface area contributed by atoms with Gasteiger partial charge in [0.05, 0.1) is 28.4 Å². The molecule has 0 bridgehead atoms. The first-order chi connectivity index (χ1) is 16.1. The summed E-state index contributed by atoms with van der Waals surface area (Å²) in [4.78, 5) is 10.4. The number of rotatable bonds is 4. The minimum Gasteiger partial charge on any atom is -0.383 e. The van der Waals surface area contributed by atoms with E-state index in [1.807, 2.05) is 18.3 Å². The highest BCUT2D eigenvalue weighted by molar-refractivity contribution is 7.16. The number of nitrogens with two attached hydrogens (primary N) is 1. The number of nitrogens with zero attached hydrogens (tertiary/aromatic N) is 4. The highest BCUT2D eigenvalue weighted by atomic mass is 32.1. The maximum Gasteiger partial charge on any atom is 0.133 e. The van der Waals surface area contributed by atoms with Gasteiger partial charge in [0.15, 0.2) is 0 Å². The second-order valence-corrected chi connectivity index (χ2v) is 9.56. The van der Waals surface area contributed by atoms with E-state index in [1.165, 1.54) is 12.1 Å². The summed E-state index contributed by atoms with van der Waals surface area (Å²) in [5, 5.41) is 8.87. The first-order valence-electron chi connectivity index (χ1n) is 11.1. The zero-order valence-electron chi connectivity index (χ0n) is 18.0. The van der Waals surface area contributed by atoms with Crippen LogP contribution in [0.25, 0.3) is 33.3 Å². The molecule has 1 aliphatic carbocycles. The number of nitrogen functional groups attached to an aromatic ring is 1. The topological polar surface area (TPSA) is 81.6 Å². The first-order valence-corrected chi connectivity index (χ1v) is 11.9. The van der Waals surface area contributed by atoms with Crippen LogP contribution in [0, 0.1) is 5.82 Å². The van der Waals surface area contributed by atoms with Crippen LogP contribution in [-0.4, -0.2) is 32.8 Å². The van der Waals surface area contributed by atoms with Crippen LogP contribution in [0.1, 0.15) is 35.0 Å². The Kier molecular flexibility index (Phi) is 5.04. The van der Waals surface area contributed by atoms with E-state index in [4.69, 9.17) is 10.7 Å². The predicted octanol–water partition coefficient (Wildman–Crippen LogP) is 4.81. The van der Waals surface area contributed by atoms with E-state index in [0.29, 0.717) is 11.9 Å². The van der Waals surface area contributed by atoms with Crippen molar-refractivity contribution in [1.82, 2.24) is 25.1 Å². The number of fused-ring (bicyclic) bond motifs is 1. The second-order valence-electron chi connectivity index (χ2n) is 8.53. The quantitative estimate of drug-likeness (QED) is 0.459. The Morgan fingerprint density at radius 1 is 1.06 bits per heavy atom. The molecule has 2 aliphatic rings. The van der Waals surface area contributed by atoms with Gasteiger partial charge in [-0.05, 0) is 61.3 Å². The van der Waals surface area contributed by atoms with Crippen LogP contribution in [0.3, 0.4) is 0 Å². The summed E-state index contributed by atoms with van der Waals surface area (Å²) in [5.74, 6) is 0.247. The lowest BCUT2D eigenvalue weighted by atomic mass is 10.1. The van der Waals surface area contributed by atoms with Crippen molar-refractivity contribution < 1.29 is 4.39 Å². The molecule has 3 N–H and O–H groups in total. The number of aromatic nitrogens is 4. The third-order valence-corrected chi connectivity index (χ3v) is 7.45. The maximum atomic E-state index is 13.3. The summed E-state index contributed by atoms with van der Waals surface area (Å²) < 4.78 is 15.3. The van der Waals surface area contributed by atoms with Gasteiger partial charge in [0, 0.05) is 29.9 Å². The van der Waals surface area contributed by atoms with Crippen LogP contribution in [0.2, 0.25) is 0 Å². The summed E-state index contributed by atoms with van der Waals surface area (Å²) >= 11 is 1.61. The number of pyridine rings is 1. The van der Waals surface area contributed by atoms with E-state index in [9.17, 15) is 4.39 Å². The first kappa shape index (κ1) is 20.3. The summed E-state index contributed by atoms with van der Waals surface area (Å²) in [5.41, 5.74) is 12.3. The van der Waals surface area contributed by atoms with Gasteiger partial charge in [-0.25, -0.2) is 14.4 Å². The summed E-state index contributed by atoms with van der Waals surface area (Å²) in [6.45, 7) is 2.05. The van der Waals surface area contributed by atoms with Gasteiger partial charge >= 0.3 is 0 Å². The van der Waals surface area contributed by atoms with Gasteiger partial charge in [0.1, 0.15) is 16.6 Å². The fourth-order valence-electron chi connectivity index (χ4n) is 4.52. The predicted molar refractivity (Wildman–Crippen MR) is 130 cm³/mol. The van der Waals surface area contributed by atoms with Crippen molar-refractivity contribution >= 4 is 28.8 Å². The van der Waals surface area contributed by atoms with Crippen LogP contribution in [0.15, 0.2) is 48.9 Å². The number of thiazole rings is 1. The van der Waals surface area contributed by atoms with Gasteiger partial charge < -0.3 is 11.1 Å². The number of halogens is 1. The number of anilines is 1. The molecule has 0 radical (unpaired) electrons. The van der Waals surface area contributed by atoms with Crippen molar-refractivity contribution in [3.63, 3.8) is 0 Å². The molecule has 4 aromatic rings. The van der Waals surface area contributed by atoms with Gasteiger partial charge in [0.2, 0.25) is 0 Å². The minimum absolute atomic E-state index is 0.225. The highest BCUT2D eigenvalue weighted by Gasteiger charge is 2.22. The van der Waals surface area contributed by atoms with E-state index >= 15 is 0 Å². The zero-order chi connectivity index (χ0) is 22.4. The molecule has 4 heterocycles.